The Bertz CT molecular complexity index is 290. The summed E-state index contributed by atoms with van der Waals surface area (Å²) >= 11 is 0. The molecule has 10 heavy (non-hydrogen) atoms. The molecule has 1 aromatic heterocycles. The maximum absolute atomic E-state index is 10.6. The van der Waals surface area contributed by atoms with Gasteiger partial charge < -0.3 is 10.2 Å². The molecule has 2 N–H and O–H groups in total. The second-order valence-electron chi connectivity index (χ2n) is 1.73. The van der Waals surface area contributed by atoms with Gasteiger partial charge in [0.2, 0.25) is 5.56 Å². The van der Waals surface area contributed by atoms with Crippen LogP contribution in [0.15, 0.2) is 28.3 Å². The average molecular weight is 138 g/mol. The molecule has 0 saturated heterocycles. The molecule has 1 aromatic rings. The number of hydrogen-bond donors (Lipinski definition) is 2. The van der Waals surface area contributed by atoms with Gasteiger partial charge in [0.1, 0.15) is 0 Å². The van der Waals surface area contributed by atoms with Gasteiger partial charge in [-0.15, -0.1) is 0 Å². The third-order valence-corrected chi connectivity index (χ3v) is 1.01. The highest BCUT2D eigenvalue weighted by atomic mass is 16.4. The summed E-state index contributed by atoms with van der Waals surface area (Å²) in [6.07, 6.45) is 2.68. The number of aromatic nitrogens is 1. The zero-order chi connectivity index (χ0) is 7.40. The third kappa shape index (κ3) is 1.45. The van der Waals surface area contributed by atoms with Crippen LogP contribution < -0.4 is 5.56 Å². The number of hydrogen-bond acceptors (Lipinski definition) is 3. The standard InChI is InChI=1S/C6H6N2O2/c9-6-3-5(4-8-10)1-2-7-6/h1-4,10H,(H,7,9). The molecule has 0 saturated carbocycles. The van der Waals surface area contributed by atoms with Gasteiger partial charge in [-0.05, 0) is 6.07 Å². The monoisotopic (exact) mass is 138 g/mol. The van der Waals surface area contributed by atoms with Crippen molar-refractivity contribution in [3.63, 3.8) is 0 Å². The smallest absolute Gasteiger partial charge is 0.248 e. The van der Waals surface area contributed by atoms with E-state index in [4.69, 9.17) is 5.21 Å². The minimum Gasteiger partial charge on any atom is -0.411 e. The van der Waals surface area contributed by atoms with Crippen molar-refractivity contribution in [2.24, 2.45) is 5.16 Å². The third-order valence-electron chi connectivity index (χ3n) is 1.01. The number of nitrogens with one attached hydrogen (secondary N) is 1. The summed E-state index contributed by atoms with van der Waals surface area (Å²) in [7, 11) is 0. The van der Waals surface area contributed by atoms with Gasteiger partial charge in [-0.3, -0.25) is 4.79 Å². The second-order valence-corrected chi connectivity index (χ2v) is 1.73. The zero-order valence-corrected chi connectivity index (χ0v) is 5.11. The molecular weight excluding hydrogens is 132 g/mol. The molecule has 1 heterocycles. The van der Waals surface area contributed by atoms with Crippen molar-refractivity contribution in [1.29, 1.82) is 0 Å². The summed E-state index contributed by atoms with van der Waals surface area (Å²) in [4.78, 5) is 13.0. The topological polar surface area (TPSA) is 65.4 Å². The van der Waals surface area contributed by atoms with E-state index >= 15 is 0 Å². The molecule has 0 aliphatic heterocycles. The Morgan fingerprint density at radius 2 is 2.50 bits per heavy atom. The van der Waals surface area contributed by atoms with Gasteiger partial charge in [0.15, 0.2) is 0 Å². The first-order chi connectivity index (χ1) is 4.83. The lowest BCUT2D eigenvalue weighted by Crippen LogP contribution is -2.03. The molecule has 4 nitrogen and oxygen atoms in total. The number of pyridine rings is 1. The number of aromatic amines is 1. The van der Waals surface area contributed by atoms with Crippen molar-refractivity contribution >= 4 is 6.21 Å². The van der Waals surface area contributed by atoms with Crippen LogP contribution in [0.5, 0.6) is 0 Å². The van der Waals surface area contributed by atoms with E-state index in [1.807, 2.05) is 0 Å². The molecule has 0 aromatic carbocycles. The molecule has 0 bridgehead atoms. The molecule has 52 valence electrons. The van der Waals surface area contributed by atoms with Crippen LogP contribution >= 0.6 is 0 Å². The summed E-state index contributed by atoms with van der Waals surface area (Å²) in [5.41, 5.74) is 0.364. The summed E-state index contributed by atoms with van der Waals surface area (Å²) in [6.45, 7) is 0. The van der Waals surface area contributed by atoms with E-state index in [1.54, 1.807) is 6.07 Å². The summed E-state index contributed by atoms with van der Waals surface area (Å²) in [5, 5.41) is 10.8. The Kier molecular flexibility index (Phi) is 1.84. The number of nitrogens with zero attached hydrogens (tertiary/aromatic N) is 1. The van der Waals surface area contributed by atoms with Crippen molar-refractivity contribution in [2.75, 3.05) is 0 Å². The molecule has 0 aliphatic rings. The van der Waals surface area contributed by atoms with E-state index in [0.717, 1.165) is 0 Å². The molecule has 0 spiro atoms. The summed E-state index contributed by atoms with van der Waals surface area (Å²) < 4.78 is 0. The number of rotatable bonds is 1. The van der Waals surface area contributed by atoms with Gasteiger partial charge in [0.05, 0.1) is 6.21 Å². The zero-order valence-electron chi connectivity index (χ0n) is 5.11. The Balaban J connectivity index is 3.07. The van der Waals surface area contributed by atoms with Gasteiger partial charge in [-0.25, -0.2) is 0 Å². The number of oxime groups is 1. The van der Waals surface area contributed by atoms with Gasteiger partial charge in [0.25, 0.3) is 0 Å². The van der Waals surface area contributed by atoms with Crippen molar-refractivity contribution in [3.05, 3.63) is 34.2 Å². The van der Waals surface area contributed by atoms with Gasteiger partial charge in [-0.2, -0.15) is 0 Å². The fourth-order valence-electron chi connectivity index (χ4n) is 0.608. The Morgan fingerprint density at radius 3 is 3.10 bits per heavy atom. The normalized spacial score (nSPS) is 10.4. The fourth-order valence-corrected chi connectivity index (χ4v) is 0.608. The van der Waals surface area contributed by atoms with Crippen LogP contribution in [0.4, 0.5) is 0 Å². The molecule has 0 fully saturated rings. The van der Waals surface area contributed by atoms with E-state index in [1.165, 1.54) is 18.5 Å². The molecule has 0 aliphatic carbocycles. The molecule has 0 radical (unpaired) electrons. The quantitative estimate of drug-likeness (QED) is 0.330. The SMILES string of the molecule is O=c1cc(C=NO)cc[nH]1. The molecular formula is C6H6N2O2. The van der Waals surface area contributed by atoms with Crippen LogP contribution in [0.3, 0.4) is 0 Å². The second kappa shape index (κ2) is 2.82. The van der Waals surface area contributed by atoms with Crippen LogP contribution in [0.25, 0.3) is 0 Å². The molecule has 1 rings (SSSR count). The first-order valence-corrected chi connectivity index (χ1v) is 2.69. The largest absolute Gasteiger partial charge is 0.411 e. The maximum atomic E-state index is 10.6. The predicted molar refractivity (Wildman–Crippen MR) is 36.4 cm³/mol. The van der Waals surface area contributed by atoms with Gasteiger partial charge in [0, 0.05) is 17.8 Å². The highest BCUT2D eigenvalue weighted by Gasteiger charge is 1.86. The number of H-pyrrole nitrogens is 1. The fraction of sp³-hybridized carbons (Fsp3) is 0. The lowest BCUT2D eigenvalue weighted by molar-refractivity contribution is 0.322. The van der Waals surface area contributed by atoms with E-state index < -0.39 is 0 Å². The van der Waals surface area contributed by atoms with E-state index in [9.17, 15) is 4.79 Å². The first kappa shape index (κ1) is 6.54. The minimum atomic E-state index is -0.211. The van der Waals surface area contributed by atoms with Crippen molar-refractivity contribution in [2.45, 2.75) is 0 Å². The van der Waals surface area contributed by atoms with Crippen molar-refractivity contribution in [3.8, 4) is 0 Å². The summed E-state index contributed by atoms with van der Waals surface area (Å²) in [5.74, 6) is 0. The Labute approximate surface area is 56.8 Å². The van der Waals surface area contributed by atoms with Crippen molar-refractivity contribution in [1.82, 2.24) is 4.98 Å². The van der Waals surface area contributed by atoms with E-state index in [0.29, 0.717) is 5.56 Å². The molecule has 0 amide bonds. The maximum Gasteiger partial charge on any atom is 0.248 e. The first-order valence-electron chi connectivity index (χ1n) is 2.69. The Hall–Kier alpha value is -1.58. The lowest BCUT2D eigenvalue weighted by Gasteiger charge is -1.85. The minimum absolute atomic E-state index is 0.211. The van der Waals surface area contributed by atoms with Crippen LogP contribution in [0, 0.1) is 0 Å². The van der Waals surface area contributed by atoms with Crippen LogP contribution in [-0.2, 0) is 0 Å². The van der Waals surface area contributed by atoms with Crippen molar-refractivity contribution < 1.29 is 5.21 Å². The Morgan fingerprint density at radius 1 is 1.70 bits per heavy atom. The lowest BCUT2D eigenvalue weighted by atomic mass is 10.3. The molecule has 0 atom stereocenters. The van der Waals surface area contributed by atoms with Crippen LogP contribution in [0.1, 0.15) is 5.56 Å². The van der Waals surface area contributed by atoms with Crippen LogP contribution in [-0.4, -0.2) is 16.4 Å². The van der Waals surface area contributed by atoms with Crippen LogP contribution in [0.2, 0.25) is 0 Å². The van der Waals surface area contributed by atoms with E-state index in [-0.39, 0.29) is 5.56 Å². The van der Waals surface area contributed by atoms with Gasteiger partial charge in [-0.1, -0.05) is 5.16 Å². The average Bonchev–Trinajstić information content (AvgIpc) is 1.88. The highest BCUT2D eigenvalue weighted by Crippen LogP contribution is 1.85. The van der Waals surface area contributed by atoms with E-state index in [2.05, 4.69) is 10.1 Å². The summed E-state index contributed by atoms with van der Waals surface area (Å²) in [6, 6.07) is 2.96. The molecule has 4 heteroatoms. The highest BCUT2D eigenvalue weighted by molar-refractivity contribution is 5.78. The van der Waals surface area contributed by atoms with Gasteiger partial charge >= 0.3 is 0 Å². The predicted octanol–water partition coefficient (Wildman–Crippen LogP) is 0.183. The molecule has 0 unspecified atom stereocenters.